The van der Waals surface area contributed by atoms with Gasteiger partial charge in [-0.05, 0) is 37.5 Å². The molecule has 106 valence electrons. The van der Waals surface area contributed by atoms with Gasteiger partial charge in [0.05, 0.1) is 12.7 Å². The van der Waals surface area contributed by atoms with Gasteiger partial charge in [0.15, 0.2) is 0 Å². The molecule has 1 aromatic rings. The number of fused-ring (bicyclic) bond motifs is 1. The van der Waals surface area contributed by atoms with Crippen molar-refractivity contribution in [2.75, 3.05) is 19.8 Å². The Labute approximate surface area is 116 Å². The van der Waals surface area contributed by atoms with Crippen LogP contribution in [0.3, 0.4) is 0 Å². The number of hydrogen-bond donors (Lipinski definition) is 1. The van der Waals surface area contributed by atoms with Gasteiger partial charge in [-0.25, -0.2) is 0 Å². The fraction of sp³-hybridized carbons (Fsp3) is 0.625. The van der Waals surface area contributed by atoms with Crippen molar-refractivity contribution in [1.82, 2.24) is 5.32 Å². The van der Waals surface area contributed by atoms with Crippen LogP contribution in [0.5, 0.6) is 5.75 Å². The molecule has 2 unspecified atom stereocenters. The van der Waals surface area contributed by atoms with Crippen molar-refractivity contribution < 1.29 is 9.47 Å². The fourth-order valence-electron chi connectivity index (χ4n) is 2.57. The number of rotatable bonds is 7. The number of hydrogen-bond acceptors (Lipinski definition) is 3. The molecule has 1 heterocycles. The minimum atomic E-state index is 0.261. The lowest BCUT2D eigenvalue weighted by atomic mass is 10.0. The molecule has 1 N–H and O–H groups in total. The SMILES string of the molecule is CCOC(C)CNC(CC)c1ccc2c(c1)CCO2. The highest BCUT2D eigenvalue weighted by Crippen LogP contribution is 2.29. The average Bonchev–Trinajstić information content (AvgIpc) is 2.87. The minimum Gasteiger partial charge on any atom is -0.493 e. The summed E-state index contributed by atoms with van der Waals surface area (Å²) in [5, 5.41) is 3.60. The summed E-state index contributed by atoms with van der Waals surface area (Å²) in [6, 6.07) is 6.97. The third kappa shape index (κ3) is 3.71. The van der Waals surface area contributed by atoms with Crippen LogP contribution >= 0.6 is 0 Å². The van der Waals surface area contributed by atoms with Crippen molar-refractivity contribution in [2.24, 2.45) is 0 Å². The Balaban J connectivity index is 1.97. The number of ether oxygens (including phenoxy) is 2. The third-order valence-electron chi connectivity index (χ3n) is 3.63. The van der Waals surface area contributed by atoms with Crippen molar-refractivity contribution >= 4 is 0 Å². The Hall–Kier alpha value is -1.06. The molecule has 0 radical (unpaired) electrons. The Morgan fingerprint density at radius 2 is 2.21 bits per heavy atom. The van der Waals surface area contributed by atoms with Crippen molar-refractivity contribution in [3.63, 3.8) is 0 Å². The van der Waals surface area contributed by atoms with Crippen molar-refractivity contribution in [3.8, 4) is 5.75 Å². The zero-order valence-electron chi connectivity index (χ0n) is 12.2. The topological polar surface area (TPSA) is 30.5 Å². The Morgan fingerprint density at radius 1 is 1.37 bits per heavy atom. The molecule has 0 spiro atoms. The lowest BCUT2D eigenvalue weighted by molar-refractivity contribution is 0.0738. The summed E-state index contributed by atoms with van der Waals surface area (Å²) in [5.74, 6) is 1.06. The summed E-state index contributed by atoms with van der Waals surface area (Å²) in [5.41, 5.74) is 2.70. The van der Waals surface area contributed by atoms with Gasteiger partial charge in [-0.2, -0.15) is 0 Å². The van der Waals surface area contributed by atoms with Crippen LogP contribution in [0.2, 0.25) is 0 Å². The maximum atomic E-state index is 5.56. The summed E-state index contributed by atoms with van der Waals surface area (Å²) >= 11 is 0. The standard InChI is InChI=1S/C16H25NO2/c1-4-15(17-11-12(3)18-5-2)13-6-7-16-14(10-13)8-9-19-16/h6-7,10,12,15,17H,4-5,8-9,11H2,1-3H3. The number of benzene rings is 1. The predicted octanol–water partition coefficient (Wildman–Crippen LogP) is 3.09. The van der Waals surface area contributed by atoms with Gasteiger partial charge in [0.2, 0.25) is 0 Å². The molecular weight excluding hydrogens is 238 g/mol. The second-order valence-electron chi connectivity index (χ2n) is 5.10. The smallest absolute Gasteiger partial charge is 0.122 e. The molecule has 0 saturated heterocycles. The van der Waals surface area contributed by atoms with Gasteiger partial charge < -0.3 is 14.8 Å². The molecule has 0 bridgehead atoms. The van der Waals surface area contributed by atoms with E-state index >= 15 is 0 Å². The monoisotopic (exact) mass is 263 g/mol. The van der Waals surface area contributed by atoms with E-state index in [9.17, 15) is 0 Å². The average molecular weight is 263 g/mol. The largest absolute Gasteiger partial charge is 0.493 e. The van der Waals surface area contributed by atoms with Crippen LogP contribution in [-0.2, 0) is 11.2 Å². The molecule has 1 aliphatic rings. The van der Waals surface area contributed by atoms with Crippen LogP contribution in [0.25, 0.3) is 0 Å². The van der Waals surface area contributed by atoms with Crippen molar-refractivity contribution in [2.45, 2.75) is 45.8 Å². The highest BCUT2D eigenvalue weighted by molar-refractivity contribution is 5.40. The zero-order valence-corrected chi connectivity index (χ0v) is 12.2. The van der Waals surface area contributed by atoms with Gasteiger partial charge in [0.1, 0.15) is 5.75 Å². The number of nitrogens with one attached hydrogen (secondary N) is 1. The predicted molar refractivity (Wildman–Crippen MR) is 77.8 cm³/mol. The van der Waals surface area contributed by atoms with Gasteiger partial charge in [-0.15, -0.1) is 0 Å². The quantitative estimate of drug-likeness (QED) is 0.820. The summed E-state index contributed by atoms with van der Waals surface area (Å²) in [4.78, 5) is 0. The van der Waals surface area contributed by atoms with E-state index in [1.165, 1.54) is 11.1 Å². The molecule has 1 aliphatic heterocycles. The van der Waals surface area contributed by atoms with E-state index < -0.39 is 0 Å². The van der Waals surface area contributed by atoms with Gasteiger partial charge in [-0.1, -0.05) is 19.1 Å². The molecule has 0 aliphatic carbocycles. The Kier molecular flexibility index (Phi) is 5.23. The highest BCUT2D eigenvalue weighted by Gasteiger charge is 2.16. The zero-order chi connectivity index (χ0) is 13.7. The molecule has 0 fully saturated rings. The van der Waals surface area contributed by atoms with Crippen molar-refractivity contribution in [1.29, 1.82) is 0 Å². The maximum absolute atomic E-state index is 5.56. The van der Waals surface area contributed by atoms with E-state index in [0.717, 1.165) is 38.3 Å². The van der Waals surface area contributed by atoms with Gasteiger partial charge in [0, 0.05) is 25.6 Å². The highest BCUT2D eigenvalue weighted by atomic mass is 16.5. The van der Waals surface area contributed by atoms with Crippen molar-refractivity contribution in [3.05, 3.63) is 29.3 Å². The second kappa shape index (κ2) is 6.92. The van der Waals surface area contributed by atoms with Crippen LogP contribution in [0.4, 0.5) is 0 Å². The summed E-state index contributed by atoms with van der Waals surface area (Å²) < 4.78 is 11.1. The van der Waals surface area contributed by atoms with Gasteiger partial charge in [0.25, 0.3) is 0 Å². The van der Waals surface area contributed by atoms with E-state index in [1.54, 1.807) is 0 Å². The van der Waals surface area contributed by atoms with Gasteiger partial charge >= 0.3 is 0 Å². The molecule has 1 aromatic carbocycles. The van der Waals surface area contributed by atoms with E-state index in [-0.39, 0.29) is 6.10 Å². The molecule has 3 nitrogen and oxygen atoms in total. The molecular formula is C16H25NO2. The van der Waals surface area contributed by atoms with Crippen LogP contribution in [0, 0.1) is 0 Å². The lowest BCUT2D eigenvalue weighted by Crippen LogP contribution is -2.30. The molecule has 2 atom stereocenters. The van der Waals surface area contributed by atoms with Gasteiger partial charge in [-0.3, -0.25) is 0 Å². The molecule has 0 saturated carbocycles. The first-order valence-corrected chi connectivity index (χ1v) is 7.35. The summed E-state index contributed by atoms with van der Waals surface area (Å²) in [6.07, 6.45) is 2.38. The van der Waals surface area contributed by atoms with E-state index in [0.29, 0.717) is 6.04 Å². The van der Waals surface area contributed by atoms with E-state index in [1.807, 2.05) is 6.92 Å². The first-order chi connectivity index (χ1) is 9.24. The van der Waals surface area contributed by atoms with Crippen LogP contribution in [-0.4, -0.2) is 25.9 Å². The molecule has 0 amide bonds. The maximum Gasteiger partial charge on any atom is 0.122 e. The second-order valence-corrected chi connectivity index (χ2v) is 5.10. The molecule has 19 heavy (non-hydrogen) atoms. The Bertz CT molecular complexity index is 406. The first kappa shape index (κ1) is 14.4. The van der Waals surface area contributed by atoms with Crippen LogP contribution in [0.1, 0.15) is 44.4 Å². The third-order valence-corrected chi connectivity index (χ3v) is 3.63. The van der Waals surface area contributed by atoms with Crippen LogP contribution in [0.15, 0.2) is 18.2 Å². The summed E-state index contributed by atoms with van der Waals surface area (Å²) in [6.45, 7) is 8.85. The summed E-state index contributed by atoms with van der Waals surface area (Å²) in [7, 11) is 0. The Morgan fingerprint density at radius 3 is 2.95 bits per heavy atom. The van der Waals surface area contributed by atoms with E-state index in [2.05, 4.69) is 37.4 Å². The van der Waals surface area contributed by atoms with Crippen LogP contribution < -0.4 is 10.1 Å². The first-order valence-electron chi connectivity index (χ1n) is 7.35. The lowest BCUT2D eigenvalue weighted by Gasteiger charge is -2.21. The van der Waals surface area contributed by atoms with E-state index in [4.69, 9.17) is 9.47 Å². The minimum absolute atomic E-state index is 0.261. The molecule has 2 rings (SSSR count). The fourth-order valence-corrected chi connectivity index (χ4v) is 2.57. The molecule has 0 aromatic heterocycles. The molecule has 3 heteroatoms. The normalized spacial score (nSPS) is 16.8.